The van der Waals surface area contributed by atoms with Crippen LogP contribution in [0.2, 0.25) is 0 Å². The fourth-order valence-electron chi connectivity index (χ4n) is 1.40. The monoisotopic (exact) mass is 233 g/mol. The molecule has 0 fully saturated rings. The van der Waals surface area contributed by atoms with E-state index < -0.39 is 11.5 Å². The maximum atomic E-state index is 11.0. The number of benzene rings is 1. The summed E-state index contributed by atoms with van der Waals surface area (Å²) in [5, 5.41) is 12.1. The van der Waals surface area contributed by atoms with E-state index in [1.807, 2.05) is 0 Å². The van der Waals surface area contributed by atoms with E-state index in [-0.39, 0.29) is 23.0 Å². The summed E-state index contributed by atoms with van der Waals surface area (Å²) in [5.41, 5.74) is -0.155. The van der Waals surface area contributed by atoms with Crippen LogP contribution in [0.1, 0.15) is 0 Å². The van der Waals surface area contributed by atoms with Crippen LogP contribution in [0.3, 0.4) is 0 Å². The van der Waals surface area contributed by atoms with E-state index in [2.05, 4.69) is 5.32 Å². The normalized spacial score (nSPS) is 10.1. The molecule has 0 radical (unpaired) electrons. The first-order chi connectivity index (χ1) is 8.10. The minimum atomic E-state index is -0.804. The number of hydrogen-bond acceptors (Lipinski definition) is 5. The summed E-state index contributed by atoms with van der Waals surface area (Å²) in [6, 6.07) is 5.19. The fraction of sp³-hybridized carbons (Fsp3) is 0. The second-order valence-corrected chi connectivity index (χ2v) is 3.27. The average molecular weight is 233 g/mol. The van der Waals surface area contributed by atoms with Crippen molar-refractivity contribution in [2.75, 3.05) is 5.32 Å². The summed E-state index contributed by atoms with van der Waals surface area (Å²) in [7, 11) is 0. The van der Waals surface area contributed by atoms with Crippen molar-refractivity contribution in [3.8, 4) is 5.75 Å². The molecule has 0 spiro atoms. The van der Waals surface area contributed by atoms with Gasteiger partial charge in [0.1, 0.15) is 11.3 Å². The molecule has 1 amide bonds. The van der Waals surface area contributed by atoms with Crippen molar-refractivity contribution in [2.24, 2.45) is 0 Å². The topological polar surface area (TPSA) is 96.6 Å². The van der Waals surface area contributed by atoms with Crippen LogP contribution in [0.5, 0.6) is 5.75 Å². The van der Waals surface area contributed by atoms with Gasteiger partial charge >= 0.3 is 5.63 Å². The van der Waals surface area contributed by atoms with Gasteiger partial charge in [-0.2, -0.15) is 0 Å². The molecule has 1 aromatic heterocycles. The number of hydrogen-bond donors (Lipinski definition) is 2. The lowest BCUT2D eigenvalue weighted by atomic mass is 10.2. The highest BCUT2D eigenvalue weighted by Gasteiger charge is 2.06. The Morgan fingerprint density at radius 3 is 2.82 bits per heavy atom. The SMILES string of the molecule is O=CC(=O)Nc1ccc2oc(=O)cc(O)c2c1. The molecular formula is C11H7NO5. The van der Waals surface area contributed by atoms with Crippen molar-refractivity contribution < 1.29 is 19.1 Å². The second-order valence-electron chi connectivity index (χ2n) is 3.27. The lowest BCUT2D eigenvalue weighted by Crippen LogP contribution is -2.12. The highest BCUT2D eigenvalue weighted by molar-refractivity contribution is 6.29. The zero-order valence-corrected chi connectivity index (χ0v) is 8.47. The van der Waals surface area contributed by atoms with E-state index in [4.69, 9.17) is 4.42 Å². The quantitative estimate of drug-likeness (QED) is 0.450. The molecule has 0 aliphatic heterocycles. The Morgan fingerprint density at radius 2 is 2.12 bits per heavy atom. The van der Waals surface area contributed by atoms with Gasteiger partial charge in [0.15, 0.2) is 0 Å². The van der Waals surface area contributed by atoms with Crippen LogP contribution >= 0.6 is 0 Å². The standard InChI is InChI=1S/C11H7NO5/c13-5-10(15)12-6-1-2-9-7(3-6)8(14)4-11(16)17-9/h1-5,14H,(H,12,15). The molecule has 17 heavy (non-hydrogen) atoms. The van der Waals surface area contributed by atoms with Gasteiger partial charge in [-0.05, 0) is 18.2 Å². The van der Waals surface area contributed by atoms with Crippen molar-refractivity contribution in [3.05, 3.63) is 34.7 Å². The molecule has 6 nitrogen and oxygen atoms in total. The summed E-state index contributed by atoms with van der Waals surface area (Å²) >= 11 is 0. The number of rotatable bonds is 2. The molecule has 0 aliphatic carbocycles. The first-order valence-electron chi connectivity index (χ1n) is 4.63. The minimum Gasteiger partial charge on any atom is -0.507 e. The minimum absolute atomic E-state index is 0.134. The summed E-state index contributed by atoms with van der Waals surface area (Å²) < 4.78 is 4.83. The number of aromatic hydroxyl groups is 1. The highest BCUT2D eigenvalue weighted by Crippen LogP contribution is 2.25. The van der Waals surface area contributed by atoms with Gasteiger partial charge in [-0.1, -0.05) is 0 Å². The van der Waals surface area contributed by atoms with E-state index in [0.29, 0.717) is 5.69 Å². The first-order valence-corrected chi connectivity index (χ1v) is 4.63. The lowest BCUT2D eigenvalue weighted by molar-refractivity contribution is -0.127. The number of aldehydes is 1. The molecule has 2 rings (SSSR count). The van der Waals surface area contributed by atoms with Gasteiger partial charge in [0.2, 0.25) is 6.29 Å². The smallest absolute Gasteiger partial charge is 0.339 e. The largest absolute Gasteiger partial charge is 0.507 e. The van der Waals surface area contributed by atoms with Crippen LogP contribution < -0.4 is 10.9 Å². The van der Waals surface area contributed by atoms with Gasteiger partial charge in [0.05, 0.1) is 11.5 Å². The number of carbonyl (C=O) groups is 2. The van der Waals surface area contributed by atoms with Crippen LogP contribution in [0, 0.1) is 0 Å². The van der Waals surface area contributed by atoms with Crippen molar-refractivity contribution in [1.82, 2.24) is 0 Å². The Hall–Kier alpha value is -2.63. The number of fused-ring (bicyclic) bond motifs is 1. The molecule has 0 aliphatic rings. The number of amides is 1. The third-order valence-electron chi connectivity index (χ3n) is 2.10. The molecule has 1 heterocycles. The maximum Gasteiger partial charge on any atom is 0.339 e. The third kappa shape index (κ3) is 2.15. The van der Waals surface area contributed by atoms with E-state index in [1.165, 1.54) is 18.2 Å². The zero-order chi connectivity index (χ0) is 12.4. The predicted octanol–water partition coefficient (Wildman–Crippen LogP) is 0.636. The van der Waals surface area contributed by atoms with Gasteiger partial charge < -0.3 is 14.8 Å². The lowest BCUT2D eigenvalue weighted by Gasteiger charge is -2.03. The first kappa shape index (κ1) is 10.9. The molecule has 2 N–H and O–H groups in total. The molecule has 0 saturated heterocycles. The molecule has 86 valence electrons. The molecular weight excluding hydrogens is 226 g/mol. The van der Waals surface area contributed by atoms with E-state index in [1.54, 1.807) is 0 Å². The van der Waals surface area contributed by atoms with Gasteiger partial charge in [0.25, 0.3) is 5.91 Å². The van der Waals surface area contributed by atoms with Crippen LogP contribution in [-0.2, 0) is 9.59 Å². The molecule has 1 aromatic carbocycles. The summed E-state index contributed by atoms with van der Waals surface area (Å²) in [5.74, 6) is -1.06. The van der Waals surface area contributed by atoms with Crippen molar-refractivity contribution >= 4 is 28.8 Å². The van der Waals surface area contributed by atoms with Crippen LogP contribution in [0.4, 0.5) is 5.69 Å². The Bertz CT molecular complexity index is 658. The maximum absolute atomic E-state index is 11.0. The molecule has 2 aromatic rings. The number of anilines is 1. The summed E-state index contributed by atoms with van der Waals surface area (Å²) in [6.45, 7) is 0. The van der Waals surface area contributed by atoms with E-state index in [9.17, 15) is 19.5 Å². The average Bonchev–Trinajstić information content (AvgIpc) is 2.29. The molecule has 6 heteroatoms. The van der Waals surface area contributed by atoms with Gasteiger partial charge in [-0.25, -0.2) is 4.79 Å². The van der Waals surface area contributed by atoms with Gasteiger partial charge in [-0.3, -0.25) is 9.59 Å². The predicted molar refractivity (Wildman–Crippen MR) is 58.8 cm³/mol. The van der Waals surface area contributed by atoms with Crippen molar-refractivity contribution in [1.29, 1.82) is 0 Å². The Kier molecular flexibility index (Phi) is 2.61. The van der Waals surface area contributed by atoms with E-state index in [0.717, 1.165) is 6.07 Å². The van der Waals surface area contributed by atoms with Crippen LogP contribution in [0.25, 0.3) is 11.0 Å². The van der Waals surface area contributed by atoms with Crippen molar-refractivity contribution in [2.45, 2.75) is 0 Å². The Morgan fingerprint density at radius 1 is 1.35 bits per heavy atom. The number of nitrogens with one attached hydrogen (secondary N) is 1. The molecule has 0 bridgehead atoms. The molecule has 0 saturated carbocycles. The highest BCUT2D eigenvalue weighted by atomic mass is 16.4. The van der Waals surface area contributed by atoms with Gasteiger partial charge in [-0.15, -0.1) is 0 Å². The molecule has 0 unspecified atom stereocenters. The summed E-state index contributed by atoms with van der Waals surface area (Å²) in [6.07, 6.45) is 0.134. The summed E-state index contributed by atoms with van der Waals surface area (Å²) in [4.78, 5) is 32.0. The fourth-order valence-corrected chi connectivity index (χ4v) is 1.40. The second kappa shape index (κ2) is 4.09. The molecule has 0 atom stereocenters. The van der Waals surface area contributed by atoms with Crippen LogP contribution in [0.15, 0.2) is 33.5 Å². The van der Waals surface area contributed by atoms with Gasteiger partial charge in [0, 0.05) is 5.69 Å². The Balaban J connectivity index is 2.54. The number of carbonyl (C=O) groups excluding carboxylic acids is 2. The Labute approximate surface area is 94.5 Å². The van der Waals surface area contributed by atoms with E-state index >= 15 is 0 Å². The van der Waals surface area contributed by atoms with Crippen molar-refractivity contribution in [3.63, 3.8) is 0 Å². The third-order valence-corrected chi connectivity index (χ3v) is 2.10. The van der Waals surface area contributed by atoms with Crippen LogP contribution in [-0.4, -0.2) is 17.3 Å². The zero-order valence-electron chi connectivity index (χ0n) is 8.47.